The van der Waals surface area contributed by atoms with Gasteiger partial charge in [-0.1, -0.05) is 0 Å². The zero-order valence-corrected chi connectivity index (χ0v) is 9.82. The van der Waals surface area contributed by atoms with Gasteiger partial charge in [-0.25, -0.2) is 0 Å². The molecule has 1 saturated heterocycles. The van der Waals surface area contributed by atoms with Gasteiger partial charge in [0.15, 0.2) is 0 Å². The second kappa shape index (κ2) is 5.20. The summed E-state index contributed by atoms with van der Waals surface area (Å²) in [7, 11) is 4.17. The van der Waals surface area contributed by atoms with Gasteiger partial charge >= 0.3 is 0 Å². The Morgan fingerprint density at radius 2 is 2.07 bits per heavy atom. The number of hydrazone groups is 1. The van der Waals surface area contributed by atoms with Crippen LogP contribution in [0.5, 0.6) is 0 Å². The maximum absolute atomic E-state index is 4.59. The van der Waals surface area contributed by atoms with Gasteiger partial charge in [0.1, 0.15) is 5.84 Å². The number of likely N-dealkylation sites (N-methyl/N-ethyl adjacent to an activating group) is 2. The van der Waals surface area contributed by atoms with Crippen molar-refractivity contribution in [3.63, 3.8) is 0 Å². The minimum atomic E-state index is 0.963. The van der Waals surface area contributed by atoms with Gasteiger partial charge in [-0.15, -0.1) is 0 Å². The summed E-state index contributed by atoms with van der Waals surface area (Å²) in [6.45, 7) is 9.54. The van der Waals surface area contributed by atoms with Crippen LogP contribution in [0.1, 0.15) is 13.8 Å². The van der Waals surface area contributed by atoms with E-state index in [0.717, 1.165) is 32.7 Å². The van der Waals surface area contributed by atoms with Crippen LogP contribution in [-0.2, 0) is 0 Å². The lowest BCUT2D eigenvalue weighted by molar-refractivity contribution is 0.257. The highest BCUT2D eigenvalue weighted by molar-refractivity contribution is 5.84. The smallest absolute Gasteiger partial charge is 0.139 e. The summed E-state index contributed by atoms with van der Waals surface area (Å²) < 4.78 is 0. The molecule has 0 aliphatic carbocycles. The fraction of sp³-hybridized carbons (Fsp3) is 0.900. The summed E-state index contributed by atoms with van der Waals surface area (Å²) in [5, 5.41) is 6.59. The number of nitrogens with zero attached hydrogens (tertiary/aromatic N) is 4. The summed E-state index contributed by atoms with van der Waals surface area (Å²) in [6.07, 6.45) is 0. The zero-order chi connectivity index (χ0) is 10.6. The number of piperazine rings is 1. The second-order valence-corrected chi connectivity index (χ2v) is 3.81. The molecule has 0 amide bonds. The van der Waals surface area contributed by atoms with Gasteiger partial charge in [0, 0.05) is 33.2 Å². The van der Waals surface area contributed by atoms with Crippen LogP contribution < -0.4 is 0 Å². The van der Waals surface area contributed by atoms with Gasteiger partial charge < -0.3 is 4.90 Å². The van der Waals surface area contributed by atoms with E-state index in [-0.39, 0.29) is 0 Å². The fourth-order valence-corrected chi connectivity index (χ4v) is 1.54. The Balaban J connectivity index is 2.65. The van der Waals surface area contributed by atoms with E-state index in [0.29, 0.717) is 0 Å². The molecule has 0 aromatic heterocycles. The molecule has 4 nitrogen and oxygen atoms in total. The molecule has 0 saturated carbocycles. The van der Waals surface area contributed by atoms with E-state index in [9.17, 15) is 0 Å². The average Bonchev–Trinajstić information content (AvgIpc) is 2.18. The first-order chi connectivity index (χ1) is 6.67. The SMILES string of the molecule is CCN(C)/N=C1/CN(C)CCN1CC. The van der Waals surface area contributed by atoms with Gasteiger partial charge in [0.05, 0.1) is 6.54 Å². The minimum Gasteiger partial charge on any atom is -0.357 e. The lowest BCUT2D eigenvalue weighted by atomic mass is 10.3. The van der Waals surface area contributed by atoms with E-state index in [2.05, 4.69) is 35.8 Å². The lowest BCUT2D eigenvalue weighted by Crippen LogP contribution is -2.49. The lowest BCUT2D eigenvalue weighted by Gasteiger charge is -2.35. The van der Waals surface area contributed by atoms with Crippen molar-refractivity contribution < 1.29 is 0 Å². The largest absolute Gasteiger partial charge is 0.357 e. The fourth-order valence-electron chi connectivity index (χ4n) is 1.54. The van der Waals surface area contributed by atoms with Gasteiger partial charge in [-0.2, -0.15) is 5.10 Å². The monoisotopic (exact) mass is 198 g/mol. The van der Waals surface area contributed by atoms with Crippen molar-refractivity contribution in [2.45, 2.75) is 13.8 Å². The number of hydrogen-bond donors (Lipinski definition) is 0. The molecule has 4 heteroatoms. The van der Waals surface area contributed by atoms with E-state index in [1.165, 1.54) is 5.84 Å². The quantitative estimate of drug-likeness (QED) is 0.617. The van der Waals surface area contributed by atoms with E-state index in [1.807, 2.05) is 12.1 Å². The molecule has 0 spiro atoms. The first-order valence-corrected chi connectivity index (χ1v) is 5.39. The van der Waals surface area contributed by atoms with Crippen molar-refractivity contribution in [1.29, 1.82) is 0 Å². The highest BCUT2D eigenvalue weighted by atomic mass is 15.5. The molecule has 0 radical (unpaired) electrons. The van der Waals surface area contributed by atoms with Crippen molar-refractivity contribution in [2.75, 3.05) is 46.8 Å². The first kappa shape index (κ1) is 11.3. The molecule has 0 aromatic rings. The average molecular weight is 198 g/mol. The Bertz CT molecular complexity index is 202. The standard InChI is InChI=1S/C10H22N4/c1-5-13(4)11-10-9-12(3)7-8-14(10)6-2/h5-9H2,1-4H3/b11-10-. The molecule has 0 unspecified atom stereocenters. The molecule has 1 aliphatic rings. The van der Waals surface area contributed by atoms with E-state index >= 15 is 0 Å². The van der Waals surface area contributed by atoms with Gasteiger partial charge in [-0.05, 0) is 20.9 Å². The van der Waals surface area contributed by atoms with Crippen LogP contribution in [0.2, 0.25) is 0 Å². The third-order valence-corrected chi connectivity index (χ3v) is 2.65. The maximum atomic E-state index is 4.59. The minimum absolute atomic E-state index is 0.963. The van der Waals surface area contributed by atoms with E-state index in [1.54, 1.807) is 0 Å². The Labute approximate surface area is 87.2 Å². The normalized spacial score (nSPS) is 21.7. The number of rotatable bonds is 3. The van der Waals surface area contributed by atoms with Gasteiger partial charge in [0.2, 0.25) is 0 Å². The molecule has 1 fully saturated rings. The second-order valence-electron chi connectivity index (χ2n) is 3.81. The summed E-state index contributed by atoms with van der Waals surface area (Å²) >= 11 is 0. The van der Waals surface area contributed by atoms with Crippen LogP contribution in [0.3, 0.4) is 0 Å². The van der Waals surface area contributed by atoms with Crippen LogP contribution in [0.25, 0.3) is 0 Å². The molecule has 1 rings (SSSR count). The van der Waals surface area contributed by atoms with E-state index in [4.69, 9.17) is 0 Å². The summed E-state index contributed by atoms with van der Waals surface area (Å²) in [4.78, 5) is 4.67. The summed E-state index contributed by atoms with van der Waals surface area (Å²) in [5.41, 5.74) is 0. The Morgan fingerprint density at radius 1 is 1.36 bits per heavy atom. The van der Waals surface area contributed by atoms with Crippen molar-refractivity contribution in [3.05, 3.63) is 0 Å². The van der Waals surface area contributed by atoms with Gasteiger partial charge in [0.25, 0.3) is 0 Å². The topological polar surface area (TPSA) is 22.1 Å². The van der Waals surface area contributed by atoms with Crippen LogP contribution in [0.15, 0.2) is 5.10 Å². The summed E-state index contributed by atoms with van der Waals surface area (Å²) in [6, 6.07) is 0. The number of hydrogen-bond acceptors (Lipinski definition) is 3. The Kier molecular flexibility index (Phi) is 4.20. The van der Waals surface area contributed by atoms with E-state index < -0.39 is 0 Å². The summed E-state index contributed by atoms with van der Waals surface area (Å²) in [5.74, 6) is 1.20. The van der Waals surface area contributed by atoms with Crippen LogP contribution in [0.4, 0.5) is 0 Å². The van der Waals surface area contributed by atoms with Gasteiger partial charge in [-0.3, -0.25) is 9.91 Å². The molecular weight excluding hydrogens is 176 g/mol. The van der Waals surface area contributed by atoms with Crippen molar-refractivity contribution in [1.82, 2.24) is 14.8 Å². The van der Waals surface area contributed by atoms with Crippen molar-refractivity contribution in [3.8, 4) is 0 Å². The highest BCUT2D eigenvalue weighted by Gasteiger charge is 2.18. The zero-order valence-electron chi connectivity index (χ0n) is 9.82. The Morgan fingerprint density at radius 3 is 2.64 bits per heavy atom. The predicted molar refractivity (Wildman–Crippen MR) is 60.5 cm³/mol. The predicted octanol–water partition coefficient (Wildman–Crippen LogP) is 0.519. The molecule has 0 atom stereocenters. The maximum Gasteiger partial charge on any atom is 0.139 e. The third-order valence-electron chi connectivity index (χ3n) is 2.65. The molecule has 82 valence electrons. The molecule has 0 N–H and O–H groups in total. The molecule has 0 aromatic carbocycles. The van der Waals surface area contributed by atoms with Crippen LogP contribution in [-0.4, -0.2) is 67.5 Å². The highest BCUT2D eigenvalue weighted by Crippen LogP contribution is 2.03. The molecule has 1 aliphatic heterocycles. The number of amidine groups is 1. The molecular formula is C10H22N4. The van der Waals surface area contributed by atoms with Crippen LogP contribution in [0, 0.1) is 0 Å². The van der Waals surface area contributed by atoms with Crippen LogP contribution >= 0.6 is 0 Å². The Hall–Kier alpha value is -0.770. The van der Waals surface area contributed by atoms with Crippen molar-refractivity contribution in [2.24, 2.45) is 5.10 Å². The molecule has 14 heavy (non-hydrogen) atoms. The molecule has 0 bridgehead atoms. The first-order valence-electron chi connectivity index (χ1n) is 5.39. The van der Waals surface area contributed by atoms with Crippen molar-refractivity contribution >= 4 is 5.84 Å². The molecule has 1 heterocycles. The third kappa shape index (κ3) is 2.87.